The van der Waals surface area contributed by atoms with Crippen LogP contribution in [0.5, 0.6) is 0 Å². The first kappa shape index (κ1) is 15.4. The van der Waals surface area contributed by atoms with Crippen LogP contribution in [0.25, 0.3) is 21.5 Å². The van der Waals surface area contributed by atoms with Gasteiger partial charge in [-0.05, 0) is 69.5 Å². The smallest absolute Gasteiger partial charge is 0.0102 e. The molecule has 0 amide bonds. The molecule has 126 valence electrons. The summed E-state index contributed by atoms with van der Waals surface area (Å²) in [6, 6.07) is 18.0. The van der Waals surface area contributed by atoms with Crippen molar-refractivity contribution in [2.24, 2.45) is 0 Å². The van der Waals surface area contributed by atoms with Gasteiger partial charge in [0.1, 0.15) is 0 Å². The first-order chi connectivity index (χ1) is 12.9. The van der Waals surface area contributed by atoms with E-state index in [4.69, 9.17) is 0 Å². The van der Waals surface area contributed by atoms with E-state index in [1.807, 2.05) is 0 Å². The lowest BCUT2D eigenvalue weighted by Crippen LogP contribution is -2.02. The van der Waals surface area contributed by atoms with Gasteiger partial charge in [-0.25, -0.2) is 0 Å². The molecule has 6 rings (SSSR count). The Hall–Kier alpha value is -2.86. The highest BCUT2D eigenvalue weighted by atomic mass is 14.2. The zero-order chi connectivity index (χ0) is 17.3. The van der Waals surface area contributed by atoms with Gasteiger partial charge in [0.2, 0.25) is 0 Å². The van der Waals surface area contributed by atoms with Crippen LogP contribution in [0.4, 0.5) is 0 Å². The molecule has 0 radical (unpaired) electrons. The Balaban J connectivity index is 0.000000156. The molecule has 3 aliphatic carbocycles. The molecule has 3 aromatic rings. The molecule has 0 saturated heterocycles. The predicted octanol–water partition coefficient (Wildman–Crippen LogP) is 6.85. The lowest BCUT2D eigenvalue weighted by atomic mass is 9.86. The molecule has 3 aromatic carbocycles. The Kier molecular flexibility index (Phi) is 3.83. The summed E-state index contributed by atoms with van der Waals surface area (Å²) in [7, 11) is 0. The zero-order valence-corrected chi connectivity index (χ0v) is 14.9. The van der Waals surface area contributed by atoms with Gasteiger partial charge in [-0.3, -0.25) is 0 Å². The van der Waals surface area contributed by atoms with Crippen LogP contribution in [0.1, 0.15) is 24.0 Å². The fourth-order valence-corrected chi connectivity index (χ4v) is 4.35. The maximum absolute atomic E-state index is 2.35. The maximum Gasteiger partial charge on any atom is -0.0102 e. The summed E-state index contributed by atoms with van der Waals surface area (Å²) in [5, 5.41) is 5.64. The van der Waals surface area contributed by atoms with Crippen LogP contribution < -0.4 is 0 Å². The molecule has 26 heavy (non-hydrogen) atoms. The monoisotopic (exact) mass is 334 g/mol. The SMILES string of the molecule is C1=CC2=CC=CC2=C1.c1ccc2c(c1)ccc1c3c(ccc12)CCCC3. The van der Waals surface area contributed by atoms with Crippen LogP contribution in [-0.2, 0) is 12.8 Å². The number of rotatable bonds is 0. The molecule has 0 saturated carbocycles. The molecule has 0 bridgehead atoms. The zero-order valence-electron chi connectivity index (χ0n) is 14.9. The normalized spacial score (nSPS) is 16.8. The summed E-state index contributed by atoms with van der Waals surface area (Å²) in [5.41, 5.74) is 5.88. The van der Waals surface area contributed by atoms with Crippen molar-refractivity contribution in [3.8, 4) is 0 Å². The van der Waals surface area contributed by atoms with E-state index in [9.17, 15) is 0 Å². The topological polar surface area (TPSA) is 0 Å². The minimum absolute atomic E-state index is 1.25. The summed E-state index contributed by atoms with van der Waals surface area (Å²) in [6.45, 7) is 0. The first-order valence-electron chi connectivity index (χ1n) is 9.59. The highest BCUT2D eigenvalue weighted by molar-refractivity contribution is 6.08. The Morgan fingerprint density at radius 3 is 2.15 bits per heavy atom. The van der Waals surface area contributed by atoms with Crippen LogP contribution in [0.2, 0.25) is 0 Å². The molecule has 0 N–H and O–H groups in total. The molecule has 0 aliphatic heterocycles. The molecule has 0 spiro atoms. The fourth-order valence-electron chi connectivity index (χ4n) is 4.35. The lowest BCUT2D eigenvalue weighted by molar-refractivity contribution is 0.690. The van der Waals surface area contributed by atoms with E-state index in [-0.39, 0.29) is 0 Å². The second kappa shape index (κ2) is 6.46. The largest absolute Gasteiger partial charge is 0.0616 e. The van der Waals surface area contributed by atoms with Gasteiger partial charge in [0.25, 0.3) is 0 Å². The van der Waals surface area contributed by atoms with Gasteiger partial charge in [-0.2, -0.15) is 0 Å². The second-order valence-corrected chi connectivity index (χ2v) is 7.25. The van der Waals surface area contributed by atoms with Crippen molar-refractivity contribution < 1.29 is 0 Å². The third kappa shape index (κ3) is 2.63. The lowest BCUT2D eigenvalue weighted by Gasteiger charge is -2.18. The van der Waals surface area contributed by atoms with E-state index in [0.717, 1.165) is 0 Å². The van der Waals surface area contributed by atoms with Crippen LogP contribution in [-0.4, -0.2) is 0 Å². The molecule has 0 heteroatoms. The van der Waals surface area contributed by atoms with Crippen molar-refractivity contribution in [3.05, 3.63) is 107 Å². The third-order valence-electron chi connectivity index (χ3n) is 5.69. The van der Waals surface area contributed by atoms with Gasteiger partial charge in [0.05, 0.1) is 0 Å². The average molecular weight is 334 g/mol. The van der Waals surface area contributed by atoms with E-state index < -0.39 is 0 Å². The molecule has 0 unspecified atom stereocenters. The van der Waals surface area contributed by atoms with Crippen molar-refractivity contribution in [2.75, 3.05) is 0 Å². The van der Waals surface area contributed by atoms with Crippen molar-refractivity contribution >= 4 is 21.5 Å². The fraction of sp³-hybridized carbons (Fsp3) is 0.154. The van der Waals surface area contributed by atoms with E-state index in [2.05, 4.69) is 85.0 Å². The molecule has 0 atom stereocenters. The van der Waals surface area contributed by atoms with E-state index >= 15 is 0 Å². The van der Waals surface area contributed by atoms with Crippen molar-refractivity contribution in [1.82, 2.24) is 0 Å². The quantitative estimate of drug-likeness (QED) is 0.394. The Morgan fingerprint density at radius 1 is 0.577 bits per heavy atom. The van der Waals surface area contributed by atoms with Gasteiger partial charge in [0.15, 0.2) is 0 Å². The summed E-state index contributed by atoms with van der Waals surface area (Å²) in [5.74, 6) is 0. The number of hydrogen-bond acceptors (Lipinski definition) is 0. The van der Waals surface area contributed by atoms with E-state index in [1.165, 1.54) is 58.4 Å². The number of aryl methyl sites for hydroxylation is 2. The number of allylic oxidation sites excluding steroid dienone is 8. The number of benzene rings is 3. The Bertz CT molecular complexity index is 1090. The van der Waals surface area contributed by atoms with Crippen LogP contribution in [0, 0.1) is 0 Å². The molecular weight excluding hydrogens is 312 g/mol. The van der Waals surface area contributed by atoms with Crippen LogP contribution >= 0.6 is 0 Å². The van der Waals surface area contributed by atoms with Gasteiger partial charge >= 0.3 is 0 Å². The molecule has 0 nitrogen and oxygen atoms in total. The van der Waals surface area contributed by atoms with Gasteiger partial charge in [-0.15, -0.1) is 0 Å². The van der Waals surface area contributed by atoms with Crippen LogP contribution in [0.15, 0.2) is 96.1 Å². The van der Waals surface area contributed by atoms with Gasteiger partial charge in [-0.1, -0.05) is 85.0 Å². The second-order valence-electron chi connectivity index (χ2n) is 7.25. The highest BCUT2D eigenvalue weighted by Crippen LogP contribution is 2.33. The minimum Gasteiger partial charge on any atom is -0.0616 e. The number of fused-ring (bicyclic) bond motifs is 6. The van der Waals surface area contributed by atoms with Gasteiger partial charge in [0, 0.05) is 0 Å². The average Bonchev–Trinajstić information content (AvgIpc) is 3.33. The molecule has 0 heterocycles. The number of hydrogen-bond donors (Lipinski definition) is 0. The standard InChI is InChI=1S/C18H16.C8H6/c1-3-7-15-13(5-1)9-11-18-16-8-4-2-6-14(16)10-12-17(15)18;1-3-7-5-2-6-8(7)4-1/h1,3,5,7,9-12H,2,4,6,8H2;1-6H. The minimum atomic E-state index is 1.25. The summed E-state index contributed by atoms with van der Waals surface area (Å²) >= 11 is 0. The summed E-state index contributed by atoms with van der Waals surface area (Å²) < 4.78 is 0. The first-order valence-corrected chi connectivity index (χ1v) is 9.59. The Labute approximate surface area is 154 Å². The third-order valence-corrected chi connectivity index (χ3v) is 5.69. The summed E-state index contributed by atoms with van der Waals surface area (Å²) in [6.07, 6.45) is 17.8. The Morgan fingerprint density at radius 2 is 1.31 bits per heavy atom. The van der Waals surface area contributed by atoms with Crippen molar-refractivity contribution in [3.63, 3.8) is 0 Å². The van der Waals surface area contributed by atoms with Crippen molar-refractivity contribution in [2.45, 2.75) is 25.7 Å². The molecule has 0 fully saturated rings. The molecular formula is C26H22. The van der Waals surface area contributed by atoms with Crippen molar-refractivity contribution in [1.29, 1.82) is 0 Å². The highest BCUT2D eigenvalue weighted by Gasteiger charge is 2.13. The van der Waals surface area contributed by atoms with Gasteiger partial charge < -0.3 is 0 Å². The summed E-state index contributed by atoms with van der Waals surface area (Å²) in [4.78, 5) is 0. The van der Waals surface area contributed by atoms with Crippen LogP contribution in [0.3, 0.4) is 0 Å². The molecule has 3 aliphatic rings. The van der Waals surface area contributed by atoms with E-state index in [1.54, 1.807) is 11.1 Å². The molecule has 0 aromatic heterocycles. The maximum atomic E-state index is 2.35. The predicted molar refractivity (Wildman–Crippen MR) is 113 cm³/mol. The van der Waals surface area contributed by atoms with E-state index in [0.29, 0.717) is 0 Å².